The number of hydrogen-bond acceptors (Lipinski definition) is 3. The molecule has 0 aromatic rings. The lowest BCUT2D eigenvalue weighted by molar-refractivity contribution is -0.749. The summed E-state index contributed by atoms with van der Waals surface area (Å²) in [6.45, 7) is 7.44. The molecule has 1 aliphatic rings. The number of carboxylic acids is 1. The maximum Gasteiger partial charge on any atom is 0.430 e. The number of aliphatic imine (C=N–C) groups is 1. The number of carboxylic acid groups (broad SMARTS) is 1. The number of halogens is 3. The molecular formula is C9H13F3N2O2. The Hall–Kier alpha value is -1.37. The van der Waals surface area contributed by atoms with Crippen LogP contribution in [0.2, 0.25) is 0 Å². The molecule has 92 valence electrons. The zero-order chi connectivity index (χ0) is 12.9. The first-order valence-corrected chi connectivity index (χ1v) is 4.56. The molecule has 7 heteroatoms. The molecule has 1 aliphatic heterocycles. The number of rotatable bonds is 1. The molecule has 1 heterocycles. The minimum Gasteiger partial charge on any atom is -0.542 e. The Morgan fingerprint density at radius 2 is 1.94 bits per heavy atom. The van der Waals surface area contributed by atoms with Gasteiger partial charge in [0, 0.05) is 6.92 Å². The summed E-state index contributed by atoms with van der Waals surface area (Å²) in [4.78, 5) is 14.4. The second-order valence-electron chi connectivity index (χ2n) is 3.13. The number of aliphatic carboxylic acids is 1. The number of quaternary nitrogens is 1. The molecule has 0 fully saturated rings. The van der Waals surface area contributed by atoms with Crippen molar-refractivity contribution in [3.63, 3.8) is 0 Å². The molecule has 0 amide bonds. The maximum atomic E-state index is 10.5. The number of alkyl halides is 3. The zero-order valence-corrected chi connectivity index (χ0v) is 9.18. The first-order valence-electron chi connectivity index (χ1n) is 4.56. The van der Waals surface area contributed by atoms with Gasteiger partial charge in [0.25, 0.3) is 0 Å². The van der Waals surface area contributed by atoms with Crippen LogP contribution in [0.3, 0.4) is 0 Å². The van der Waals surface area contributed by atoms with E-state index in [0.29, 0.717) is 0 Å². The highest BCUT2D eigenvalue weighted by Crippen LogP contribution is 2.11. The minimum atomic E-state index is -5.19. The standard InChI is InChI=1S/C7H12N2.C2HF3O2/c1-4-9-5-8-6(2)7(9)3;3-2(4,5)1(6)7/h5H,4H2,1-3H3;(H,6,7). The Morgan fingerprint density at radius 1 is 1.50 bits per heavy atom. The highest BCUT2D eigenvalue weighted by Gasteiger charge is 2.28. The van der Waals surface area contributed by atoms with Crippen LogP contribution in [-0.4, -0.2) is 25.0 Å². The molecule has 0 saturated heterocycles. The van der Waals surface area contributed by atoms with E-state index >= 15 is 0 Å². The van der Waals surface area contributed by atoms with Crippen LogP contribution < -0.4 is 10.0 Å². The fourth-order valence-corrected chi connectivity index (χ4v) is 0.957. The van der Waals surface area contributed by atoms with Crippen LogP contribution in [0.25, 0.3) is 0 Å². The van der Waals surface area contributed by atoms with Crippen LogP contribution in [0.5, 0.6) is 0 Å². The Morgan fingerprint density at radius 3 is 2.06 bits per heavy atom. The van der Waals surface area contributed by atoms with Gasteiger partial charge < -0.3 is 9.90 Å². The smallest absolute Gasteiger partial charge is 0.430 e. The molecule has 0 bridgehead atoms. The van der Waals surface area contributed by atoms with Crippen molar-refractivity contribution in [3.05, 3.63) is 11.4 Å². The van der Waals surface area contributed by atoms with Gasteiger partial charge in [-0.05, 0) is 13.8 Å². The molecule has 0 aliphatic carbocycles. The van der Waals surface area contributed by atoms with Crippen molar-refractivity contribution in [2.45, 2.75) is 26.9 Å². The van der Waals surface area contributed by atoms with E-state index in [2.05, 4.69) is 25.8 Å². The Bertz CT molecular complexity index is 321. The van der Waals surface area contributed by atoms with Gasteiger partial charge >= 0.3 is 6.18 Å². The Balaban J connectivity index is 0.000000293. The van der Waals surface area contributed by atoms with Gasteiger partial charge in [0.15, 0.2) is 6.34 Å². The van der Waals surface area contributed by atoms with Crippen molar-refractivity contribution in [1.82, 2.24) is 0 Å². The van der Waals surface area contributed by atoms with Gasteiger partial charge in [-0.3, -0.25) is 4.90 Å². The van der Waals surface area contributed by atoms with E-state index in [-0.39, 0.29) is 0 Å². The Labute approximate surface area is 91.1 Å². The summed E-state index contributed by atoms with van der Waals surface area (Å²) in [5.41, 5.74) is 2.53. The summed E-state index contributed by atoms with van der Waals surface area (Å²) >= 11 is 0. The lowest BCUT2D eigenvalue weighted by atomic mass is 10.4. The van der Waals surface area contributed by atoms with Crippen molar-refractivity contribution >= 4 is 12.3 Å². The van der Waals surface area contributed by atoms with E-state index < -0.39 is 12.1 Å². The second kappa shape index (κ2) is 5.64. The fraction of sp³-hybridized carbons (Fsp3) is 0.556. The number of nitrogens with zero attached hydrogens (tertiary/aromatic N) is 1. The molecule has 1 unspecified atom stereocenters. The molecule has 0 aromatic carbocycles. The monoisotopic (exact) mass is 238 g/mol. The van der Waals surface area contributed by atoms with Gasteiger partial charge in [0.05, 0.1) is 12.2 Å². The number of hydrogen-bond donors (Lipinski definition) is 1. The average molecular weight is 238 g/mol. The summed E-state index contributed by atoms with van der Waals surface area (Å²) in [5, 5.41) is 8.78. The molecule has 1 N–H and O–H groups in total. The lowest BCUT2D eigenvalue weighted by Crippen LogP contribution is -3.07. The van der Waals surface area contributed by atoms with Crippen molar-refractivity contribution in [1.29, 1.82) is 0 Å². The topological polar surface area (TPSA) is 56.9 Å². The maximum absolute atomic E-state index is 10.5. The molecule has 1 atom stereocenters. The summed E-state index contributed by atoms with van der Waals surface area (Å²) in [5.74, 6) is -3.01. The predicted molar refractivity (Wildman–Crippen MR) is 49.4 cm³/mol. The first kappa shape index (κ1) is 14.6. The van der Waals surface area contributed by atoms with E-state index in [0.717, 1.165) is 6.54 Å². The van der Waals surface area contributed by atoms with E-state index in [1.54, 1.807) is 0 Å². The van der Waals surface area contributed by atoms with Crippen molar-refractivity contribution in [2.24, 2.45) is 4.99 Å². The van der Waals surface area contributed by atoms with Crippen LogP contribution in [0.1, 0.15) is 20.8 Å². The fourth-order valence-electron chi connectivity index (χ4n) is 0.957. The van der Waals surface area contributed by atoms with Gasteiger partial charge in [-0.2, -0.15) is 13.2 Å². The van der Waals surface area contributed by atoms with Crippen LogP contribution in [0.4, 0.5) is 13.2 Å². The molecule has 16 heavy (non-hydrogen) atoms. The van der Waals surface area contributed by atoms with Gasteiger partial charge in [-0.15, -0.1) is 0 Å². The molecule has 1 rings (SSSR count). The largest absolute Gasteiger partial charge is 0.542 e. The third-order valence-corrected chi connectivity index (χ3v) is 2.05. The SMILES string of the molecule is CC[NH+]1C=NC(C)=C1C.O=C([O-])C(F)(F)F. The van der Waals surface area contributed by atoms with Crippen molar-refractivity contribution in [3.8, 4) is 0 Å². The van der Waals surface area contributed by atoms with E-state index in [9.17, 15) is 13.2 Å². The third-order valence-electron chi connectivity index (χ3n) is 2.05. The molecule has 0 aromatic heterocycles. The van der Waals surface area contributed by atoms with Gasteiger partial charge in [0.1, 0.15) is 11.7 Å². The average Bonchev–Trinajstić information content (AvgIpc) is 2.47. The summed E-state index contributed by atoms with van der Waals surface area (Å²) in [6.07, 6.45) is -3.23. The number of carbonyl (C=O) groups is 1. The first-order chi connectivity index (χ1) is 7.20. The molecule has 0 spiro atoms. The van der Waals surface area contributed by atoms with Gasteiger partial charge in [-0.25, -0.2) is 4.99 Å². The summed E-state index contributed by atoms with van der Waals surface area (Å²) in [6, 6.07) is 0. The van der Waals surface area contributed by atoms with E-state index in [1.807, 2.05) is 6.34 Å². The van der Waals surface area contributed by atoms with Gasteiger partial charge in [0.2, 0.25) is 0 Å². The quantitative estimate of drug-likeness (QED) is 0.668. The molecule has 4 nitrogen and oxygen atoms in total. The summed E-state index contributed by atoms with van der Waals surface area (Å²) < 4.78 is 31.5. The minimum absolute atomic E-state index is 1.10. The van der Waals surface area contributed by atoms with Crippen LogP contribution >= 0.6 is 0 Å². The highest BCUT2D eigenvalue weighted by atomic mass is 19.4. The third kappa shape index (κ3) is 4.43. The lowest BCUT2D eigenvalue weighted by Gasteiger charge is -2.04. The Kier molecular flexibility index (Phi) is 5.16. The zero-order valence-electron chi connectivity index (χ0n) is 9.18. The van der Waals surface area contributed by atoms with Gasteiger partial charge in [-0.1, -0.05) is 0 Å². The molecule has 0 radical (unpaired) electrons. The molecular weight excluding hydrogens is 225 g/mol. The van der Waals surface area contributed by atoms with Crippen LogP contribution in [0, 0.1) is 0 Å². The number of nitrogens with one attached hydrogen (secondary N) is 1. The summed E-state index contributed by atoms with van der Waals surface area (Å²) in [7, 11) is 0. The number of carbonyl (C=O) groups excluding carboxylic acids is 1. The normalized spacial score (nSPS) is 19.5. The number of allylic oxidation sites excluding steroid dienone is 2. The van der Waals surface area contributed by atoms with Crippen molar-refractivity contribution in [2.75, 3.05) is 6.54 Å². The van der Waals surface area contributed by atoms with E-state index in [1.165, 1.54) is 16.3 Å². The van der Waals surface area contributed by atoms with Crippen LogP contribution in [0.15, 0.2) is 16.4 Å². The molecule has 0 saturated carbocycles. The predicted octanol–water partition coefficient (Wildman–Crippen LogP) is -0.517. The van der Waals surface area contributed by atoms with E-state index in [4.69, 9.17) is 9.90 Å². The highest BCUT2D eigenvalue weighted by molar-refractivity contribution is 5.70. The van der Waals surface area contributed by atoms with Crippen LogP contribution in [-0.2, 0) is 4.79 Å². The van der Waals surface area contributed by atoms with Crippen molar-refractivity contribution < 1.29 is 28.0 Å². The second-order valence-corrected chi connectivity index (χ2v) is 3.13.